The summed E-state index contributed by atoms with van der Waals surface area (Å²) in [5.74, 6) is 0.895. The molecule has 1 heterocycles. The number of likely N-dealkylation sites (tertiary alicyclic amines) is 1. The smallest absolute Gasteiger partial charge is 0.147 e. The molecule has 0 radical (unpaired) electrons. The number of hydrogen-bond donors (Lipinski definition) is 0. The molecule has 0 aromatic rings. The molecule has 1 aliphatic rings. The van der Waals surface area contributed by atoms with E-state index in [1.165, 1.54) is 12.8 Å². The first-order valence-electron chi connectivity index (χ1n) is 6.13. The van der Waals surface area contributed by atoms with Crippen LogP contribution in [-0.4, -0.2) is 30.3 Å². The van der Waals surface area contributed by atoms with Crippen molar-refractivity contribution in [2.24, 2.45) is 11.3 Å². The third-order valence-corrected chi connectivity index (χ3v) is 3.61. The van der Waals surface area contributed by atoms with Crippen molar-refractivity contribution in [3.8, 4) is 0 Å². The summed E-state index contributed by atoms with van der Waals surface area (Å²) in [7, 11) is 0. The van der Waals surface area contributed by atoms with Gasteiger partial charge in [0.25, 0.3) is 0 Å². The maximum Gasteiger partial charge on any atom is 0.147 e. The van der Waals surface area contributed by atoms with E-state index in [-0.39, 0.29) is 5.41 Å². The predicted molar refractivity (Wildman–Crippen MR) is 63.9 cm³/mol. The van der Waals surface area contributed by atoms with Gasteiger partial charge in [-0.1, -0.05) is 27.7 Å². The molecule has 0 saturated carbocycles. The number of nitrogens with zero attached hydrogens (tertiary/aromatic N) is 1. The standard InChI is InChI=1S/C13H25NO/c1-11(13(2,3)4)9-12(15)10-14-7-5-6-8-14/h11H,5-10H2,1-4H3. The molecular weight excluding hydrogens is 186 g/mol. The van der Waals surface area contributed by atoms with E-state index in [1.54, 1.807) is 0 Å². The van der Waals surface area contributed by atoms with Gasteiger partial charge in [-0.05, 0) is 37.3 Å². The van der Waals surface area contributed by atoms with Crippen LogP contribution in [0, 0.1) is 11.3 Å². The highest BCUT2D eigenvalue weighted by Gasteiger charge is 2.23. The third-order valence-electron chi connectivity index (χ3n) is 3.61. The highest BCUT2D eigenvalue weighted by Crippen LogP contribution is 2.28. The number of hydrogen-bond acceptors (Lipinski definition) is 2. The summed E-state index contributed by atoms with van der Waals surface area (Å²) in [6.45, 7) is 11.7. The Kier molecular flexibility index (Phi) is 4.32. The fraction of sp³-hybridized carbons (Fsp3) is 0.923. The van der Waals surface area contributed by atoms with E-state index >= 15 is 0 Å². The zero-order valence-corrected chi connectivity index (χ0v) is 10.7. The number of carbonyl (C=O) groups is 1. The average molecular weight is 211 g/mol. The second kappa shape index (κ2) is 5.11. The summed E-state index contributed by atoms with van der Waals surface area (Å²) in [5, 5.41) is 0. The zero-order valence-electron chi connectivity index (χ0n) is 10.7. The van der Waals surface area contributed by atoms with Gasteiger partial charge in [0, 0.05) is 6.42 Å². The first-order valence-corrected chi connectivity index (χ1v) is 6.13. The van der Waals surface area contributed by atoms with Crippen LogP contribution < -0.4 is 0 Å². The van der Waals surface area contributed by atoms with Crippen LogP contribution in [0.2, 0.25) is 0 Å². The van der Waals surface area contributed by atoms with Gasteiger partial charge < -0.3 is 0 Å². The normalized spacial score (nSPS) is 20.5. The highest BCUT2D eigenvalue weighted by atomic mass is 16.1. The number of carbonyl (C=O) groups excluding carboxylic acids is 1. The minimum atomic E-state index is 0.251. The van der Waals surface area contributed by atoms with Crippen molar-refractivity contribution < 1.29 is 4.79 Å². The molecule has 0 N–H and O–H groups in total. The van der Waals surface area contributed by atoms with Gasteiger partial charge in [-0.15, -0.1) is 0 Å². The summed E-state index contributed by atoms with van der Waals surface area (Å²) >= 11 is 0. The second-order valence-corrected chi connectivity index (χ2v) is 5.99. The molecule has 0 amide bonds. The SMILES string of the molecule is CC(CC(=O)CN1CCCC1)C(C)(C)C. The summed E-state index contributed by atoms with van der Waals surface area (Å²) in [6.07, 6.45) is 3.27. The van der Waals surface area contributed by atoms with E-state index in [2.05, 4.69) is 32.6 Å². The molecule has 1 unspecified atom stereocenters. The van der Waals surface area contributed by atoms with Crippen LogP contribution in [0.5, 0.6) is 0 Å². The minimum absolute atomic E-state index is 0.251. The van der Waals surface area contributed by atoms with Gasteiger partial charge in [-0.3, -0.25) is 9.69 Å². The lowest BCUT2D eigenvalue weighted by Gasteiger charge is -2.27. The summed E-state index contributed by atoms with van der Waals surface area (Å²) in [4.78, 5) is 14.1. The number of rotatable bonds is 4. The predicted octanol–water partition coefficient (Wildman–Crippen LogP) is 2.72. The van der Waals surface area contributed by atoms with Gasteiger partial charge in [0.1, 0.15) is 5.78 Å². The van der Waals surface area contributed by atoms with E-state index in [9.17, 15) is 4.79 Å². The van der Waals surface area contributed by atoms with Crippen molar-refractivity contribution in [3.63, 3.8) is 0 Å². The topological polar surface area (TPSA) is 20.3 Å². The van der Waals surface area contributed by atoms with Crippen LogP contribution in [-0.2, 0) is 4.79 Å². The van der Waals surface area contributed by atoms with Crippen LogP contribution in [0.4, 0.5) is 0 Å². The Hall–Kier alpha value is -0.370. The first-order chi connectivity index (χ1) is 6.89. The molecule has 1 fully saturated rings. The number of ketones is 1. The van der Waals surface area contributed by atoms with Gasteiger partial charge >= 0.3 is 0 Å². The van der Waals surface area contributed by atoms with E-state index in [1.807, 2.05) is 0 Å². The van der Waals surface area contributed by atoms with Crippen molar-refractivity contribution in [2.45, 2.75) is 47.0 Å². The van der Waals surface area contributed by atoms with Crippen LogP contribution in [0.25, 0.3) is 0 Å². The molecule has 1 rings (SSSR count). The van der Waals surface area contributed by atoms with Crippen LogP contribution in [0.1, 0.15) is 47.0 Å². The van der Waals surface area contributed by atoms with Gasteiger partial charge in [-0.25, -0.2) is 0 Å². The van der Waals surface area contributed by atoms with Gasteiger partial charge in [0.2, 0.25) is 0 Å². The molecule has 2 nitrogen and oxygen atoms in total. The van der Waals surface area contributed by atoms with Crippen molar-refractivity contribution in [1.29, 1.82) is 0 Å². The maximum absolute atomic E-state index is 11.8. The van der Waals surface area contributed by atoms with E-state index in [0.717, 1.165) is 19.5 Å². The van der Waals surface area contributed by atoms with Gasteiger partial charge in [0.15, 0.2) is 0 Å². The molecule has 1 atom stereocenters. The van der Waals surface area contributed by atoms with E-state index < -0.39 is 0 Å². The monoisotopic (exact) mass is 211 g/mol. The first kappa shape index (κ1) is 12.7. The molecule has 0 aromatic carbocycles. The quantitative estimate of drug-likeness (QED) is 0.712. The maximum atomic E-state index is 11.8. The highest BCUT2D eigenvalue weighted by molar-refractivity contribution is 5.80. The van der Waals surface area contributed by atoms with Crippen LogP contribution >= 0.6 is 0 Å². The largest absolute Gasteiger partial charge is 0.298 e. The Balaban J connectivity index is 2.29. The molecular formula is C13H25NO. The van der Waals surface area contributed by atoms with Crippen molar-refractivity contribution >= 4 is 5.78 Å². The van der Waals surface area contributed by atoms with Crippen molar-refractivity contribution in [2.75, 3.05) is 19.6 Å². The fourth-order valence-electron chi connectivity index (χ4n) is 1.90. The lowest BCUT2D eigenvalue weighted by molar-refractivity contribution is -0.121. The Morgan fingerprint density at radius 2 is 1.80 bits per heavy atom. The molecule has 2 heteroatoms. The molecule has 0 aliphatic carbocycles. The Labute approximate surface area is 94.0 Å². The van der Waals surface area contributed by atoms with Crippen molar-refractivity contribution in [1.82, 2.24) is 4.90 Å². The van der Waals surface area contributed by atoms with Gasteiger partial charge in [0.05, 0.1) is 6.54 Å². The summed E-state index contributed by atoms with van der Waals surface area (Å²) in [5.41, 5.74) is 0.251. The van der Waals surface area contributed by atoms with E-state index in [0.29, 0.717) is 18.2 Å². The zero-order chi connectivity index (χ0) is 11.5. The molecule has 0 bridgehead atoms. The lowest BCUT2D eigenvalue weighted by Crippen LogP contribution is -2.30. The van der Waals surface area contributed by atoms with Gasteiger partial charge in [-0.2, -0.15) is 0 Å². The lowest BCUT2D eigenvalue weighted by atomic mass is 9.79. The second-order valence-electron chi connectivity index (χ2n) is 5.99. The summed E-state index contributed by atoms with van der Waals surface area (Å²) < 4.78 is 0. The fourth-order valence-corrected chi connectivity index (χ4v) is 1.90. The molecule has 88 valence electrons. The summed E-state index contributed by atoms with van der Waals surface area (Å²) in [6, 6.07) is 0. The number of Topliss-reactive ketones (excluding diaryl/α,β-unsaturated/α-hetero) is 1. The molecule has 0 spiro atoms. The van der Waals surface area contributed by atoms with Crippen LogP contribution in [0.15, 0.2) is 0 Å². The minimum Gasteiger partial charge on any atom is -0.298 e. The Morgan fingerprint density at radius 3 is 2.27 bits per heavy atom. The van der Waals surface area contributed by atoms with Crippen molar-refractivity contribution in [3.05, 3.63) is 0 Å². The van der Waals surface area contributed by atoms with E-state index in [4.69, 9.17) is 0 Å². The average Bonchev–Trinajstić information content (AvgIpc) is 2.54. The molecule has 15 heavy (non-hydrogen) atoms. The Bertz CT molecular complexity index is 211. The Morgan fingerprint density at radius 1 is 1.27 bits per heavy atom. The third kappa shape index (κ3) is 4.33. The molecule has 1 saturated heterocycles. The molecule has 1 aliphatic heterocycles. The molecule has 0 aromatic heterocycles. The van der Waals surface area contributed by atoms with Crippen LogP contribution in [0.3, 0.4) is 0 Å².